The molecule has 0 saturated heterocycles. The fourth-order valence-corrected chi connectivity index (χ4v) is 5.14. The molecule has 0 rings (SSSR count). The molecule has 0 aromatic rings. The van der Waals surface area contributed by atoms with Crippen LogP contribution in [0.5, 0.6) is 0 Å². The lowest BCUT2D eigenvalue weighted by Crippen LogP contribution is -2.18. The number of hydrogen-bond donors (Lipinski definition) is 0. The molecule has 0 aliphatic carbocycles. The second kappa shape index (κ2) is 4.10. The van der Waals surface area contributed by atoms with Gasteiger partial charge in [-0.15, -0.1) is 0 Å². The van der Waals surface area contributed by atoms with Crippen LogP contribution in [0.15, 0.2) is 0 Å². The van der Waals surface area contributed by atoms with E-state index in [1.54, 1.807) is 0 Å². The molecule has 0 nitrogen and oxygen atoms in total. The molecule has 9 heavy (non-hydrogen) atoms. The van der Waals surface area contributed by atoms with Crippen LogP contribution in [0.2, 0.25) is 17.1 Å². The quantitative estimate of drug-likeness (QED) is 0.534. The summed E-state index contributed by atoms with van der Waals surface area (Å²) in [5, 5.41) is 0. The molecule has 0 bridgehead atoms. The molecule has 0 fully saturated rings. The van der Waals surface area contributed by atoms with E-state index in [4.69, 9.17) is 0 Å². The van der Waals surface area contributed by atoms with Crippen molar-refractivity contribution in [1.82, 2.24) is 0 Å². The maximum absolute atomic E-state index is 2.38. The van der Waals surface area contributed by atoms with E-state index in [9.17, 15) is 0 Å². The van der Waals surface area contributed by atoms with Crippen molar-refractivity contribution in [1.29, 1.82) is 0 Å². The van der Waals surface area contributed by atoms with Gasteiger partial charge in [0.2, 0.25) is 0 Å². The van der Waals surface area contributed by atoms with Gasteiger partial charge >= 0.3 is 0 Å². The SMILES string of the molecule is CC[SiH](C(C)C)C(C)C. The predicted molar refractivity (Wildman–Crippen MR) is 47.8 cm³/mol. The zero-order valence-electron chi connectivity index (χ0n) is 7.44. The van der Waals surface area contributed by atoms with Crippen molar-refractivity contribution in [3.63, 3.8) is 0 Å². The van der Waals surface area contributed by atoms with Gasteiger partial charge in [0.25, 0.3) is 0 Å². The van der Waals surface area contributed by atoms with Gasteiger partial charge in [-0.25, -0.2) is 0 Å². The van der Waals surface area contributed by atoms with Crippen molar-refractivity contribution in [2.24, 2.45) is 0 Å². The summed E-state index contributed by atoms with van der Waals surface area (Å²) in [6.45, 7) is 11.8. The van der Waals surface area contributed by atoms with Gasteiger partial charge in [-0.1, -0.05) is 51.7 Å². The molecule has 0 radical (unpaired) electrons. The molecule has 0 atom stereocenters. The smallest absolute Gasteiger partial charge is 0.0416 e. The van der Waals surface area contributed by atoms with E-state index >= 15 is 0 Å². The molecule has 0 aromatic carbocycles. The Hall–Kier alpha value is 0.217. The number of rotatable bonds is 3. The lowest BCUT2D eigenvalue weighted by molar-refractivity contribution is 0.923. The summed E-state index contributed by atoms with van der Waals surface area (Å²) in [5.74, 6) is 0. The Morgan fingerprint density at radius 1 is 1.00 bits per heavy atom. The third kappa shape index (κ3) is 3.04. The highest BCUT2D eigenvalue weighted by Gasteiger charge is 2.15. The summed E-state index contributed by atoms with van der Waals surface area (Å²) < 4.78 is 0. The van der Waals surface area contributed by atoms with Crippen LogP contribution >= 0.6 is 0 Å². The third-order valence-electron chi connectivity index (χ3n) is 2.18. The molecule has 0 heterocycles. The Morgan fingerprint density at radius 2 is 1.33 bits per heavy atom. The van der Waals surface area contributed by atoms with Gasteiger partial charge in [-0.2, -0.15) is 0 Å². The molecule has 0 N–H and O–H groups in total. The fraction of sp³-hybridized carbons (Fsp3) is 1.00. The van der Waals surface area contributed by atoms with Crippen LogP contribution < -0.4 is 0 Å². The maximum atomic E-state index is 2.38. The zero-order chi connectivity index (χ0) is 7.44. The van der Waals surface area contributed by atoms with Crippen molar-refractivity contribution >= 4 is 8.80 Å². The van der Waals surface area contributed by atoms with Crippen LogP contribution in [-0.2, 0) is 0 Å². The van der Waals surface area contributed by atoms with E-state index in [1.165, 1.54) is 6.04 Å². The molecular formula is C8H20Si. The highest BCUT2D eigenvalue weighted by atomic mass is 28.3. The van der Waals surface area contributed by atoms with E-state index in [2.05, 4.69) is 34.6 Å². The normalized spacial score (nSPS) is 12.0. The molecule has 56 valence electrons. The van der Waals surface area contributed by atoms with Crippen LogP contribution in [0.3, 0.4) is 0 Å². The Labute approximate surface area is 61.3 Å². The highest BCUT2D eigenvalue weighted by molar-refractivity contribution is 6.61. The number of hydrogen-bond acceptors (Lipinski definition) is 0. The van der Waals surface area contributed by atoms with Gasteiger partial charge in [0, 0.05) is 8.80 Å². The fourth-order valence-electron chi connectivity index (χ4n) is 1.71. The average Bonchev–Trinajstić information content (AvgIpc) is 1.64. The Kier molecular flexibility index (Phi) is 4.20. The summed E-state index contributed by atoms with van der Waals surface area (Å²) in [7, 11) is -0.360. The van der Waals surface area contributed by atoms with Crippen molar-refractivity contribution in [2.45, 2.75) is 51.7 Å². The van der Waals surface area contributed by atoms with E-state index in [1.807, 2.05) is 0 Å². The van der Waals surface area contributed by atoms with Gasteiger partial charge in [-0.05, 0) is 0 Å². The minimum Gasteiger partial charge on any atom is -0.0680 e. The van der Waals surface area contributed by atoms with Crippen LogP contribution in [-0.4, -0.2) is 8.80 Å². The lowest BCUT2D eigenvalue weighted by atomic mass is 10.5. The Balaban J connectivity index is 3.68. The maximum Gasteiger partial charge on any atom is 0.0416 e. The van der Waals surface area contributed by atoms with Crippen molar-refractivity contribution in [2.75, 3.05) is 0 Å². The minimum atomic E-state index is -0.360. The van der Waals surface area contributed by atoms with Crippen molar-refractivity contribution < 1.29 is 0 Å². The molecule has 0 aliphatic heterocycles. The first-order valence-electron chi connectivity index (χ1n) is 4.09. The topological polar surface area (TPSA) is 0 Å². The van der Waals surface area contributed by atoms with Crippen LogP contribution in [0, 0.1) is 0 Å². The summed E-state index contributed by atoms with van der Waals surface area (Å²) in [6, 6.07) is 1.47. The molecule has 0 aromatic heterocycles. The van der Waals surface area contributed by atoms with Crippen molar-refractivity contribution in [3.8, 4) is 0 Å². The molecule has 0 spiro atoms. The molecule has 0 unspecified atom stereocenters. The van der Waals surface area contributed by atoms with Crippen molar-refractivity contribution in [3.05, 3.63) is 0 Å². The summed E-state index contributed by atoms with van der Waals surface area (Å²) in [5.41, 5.74) is 1.99. The Bertz CT molecular complexity index is 59.0. The lowest BCUT2D eigenvalue weighted by Gasteiger charge is -2.20. The minimum absolute atomic E-state index is 0.360. The van der Waals surface area contributed by atoms with E-state index in [0.29, 0.717) is 0 Å². The van der Waals surface area contributed by atoms with E-state index in [-0.39, 0.29) is 8.80 Å². The first-order valence-corrected chi connectivity index (χ1v) is 6.24. The second-order valence-electron chi connectivity index (χ2n) is 3.56. The summed E-state index contributed by atoms with van der Waals surface area (Å²) >= 11 is 0. The standard InChI is InChI=1S/C8H20Si/c1-6-9(7(2)3)8(4)5/h7-9H,6H2,1-5H3. The van der Waals surface area contributed by atoms with Crippen LogP contribution in [0.4, 0.5) is 0 Å². The summed E-state index contributed by atoms with van der Waals surface area (Å²) in [6.07, 6.45) is 0. The van der Waals surface area contributed by atoms with Gasteiger partial charge in [-0.3, -0.25) is 0 Å². The average molecular weight is 144 g/mol. The zero-order valence-corrected chi connectivity index (χ0v) is 8.59. The van der Waals surface area contributed by atoms with Crippen LogP contribution in [0.25, 0.3) is 0 Å². The monoisotopic (exact) mass is 144 g/mol. The van der Waals surface area contributed by atoms with Gasteiger partial charge in [0.15, 0.2) is 0 Å². The summed E-state index contributed by atoms with van der Waals surface area (Å²) in [4.78, 5) is 0. The van der Waals surface area contributed by atoms with Gasteiger partial charge in [0.05, 0.1) is 0 Å². The highest BCUT2D eigenvalue weighted by Crippen LogP contribution is 2.22. The second-order valence-corrected chi connectivity index (χ2v) is 8.37. The largest absolute Gasteiger partial charge is 0.0680 e. The third-order valence-corrected chi connectivity index (χ3v) is 6.55. The van der Waals surface area contributed by atoms with E-state index < -0.39 is 0 Å². The molecule has 0 amide bonds. The molecule has 0 saturated carbocycles. The first-order chi connectivity index (χ1) is 4.09. The molecule has 1 heteroatoms. The van der Waals surface area contributed by atoms with Gasteiger partial charge in [0.1, 0.15) is 0 Å². The van der Waals surface area contributed by atoms with Crippen LogP contribution in [0.1, 0.15) is 34.6 Å². The van der Waals surface area contributed by atoms with E-state index in [0.717, 1.165) is 11.1 Å². The first kappa shape index (κ1) is 9.22. The Morgan fingerprint density at radius 3 is 1.33 bits per heavy atom. The molecular weight excluding hydrogens is 124 g/mol. The molecule has 0 aliphatic rings. The predicted octanol–water partition coefficient (Wildman–Crippen LogP) is 3.05. The van der Waals surface area contributed by atoms with Gasteiger partial charge < -0.3 is 0 Å².